The summed E-state index contributed by atoms with van der Waals surface area (Å²) < 4.78 is 6.81. The van der Waals surface area contributed by atoms with Crippen molar-refractivity contribution >= 4 is 21.7 Å². The van der Waals surface area contributed by atoms with Crippen molar-refractivity contribution < 1.29 is 14.6 Å². The minimum Gasteiger partial charge on any atom is -0.507 e. The van der Waals surface area contributed by atoms with E-state index in [2.05, 4.69) is 15.9 Å². The number of halogens is 1. The quantitative estimate of drug-likeness (QED) is 0.669. The molecule has 0 amide bonds. The van der Waals surface area contributed by atoms with Gasteiger partial charge in [0.2, 0.25) is 0 Å². The van der Waals surface area contributed by atoms with Gasteiger partial charge in [0.1, 0.15) is 18.1 Å². The van der Waals surface area contributed by atoms with Crippen LogP contribution >= 0.6 is 15.9 Å². The molecule has 0 aliphatic heterocycles. The van der Waals surface area contributed by atoms with Crippen LogP contribution in [0.15, 0.2) is 40.9 Å². The van der Waals surface area contributed by atoms with Crippen molar-refractivity contribution in [3.63, 3.8) is 0 Å². The van der Waals surface area contributed by atoms with Crippen LogP contribution < -0.4 is 4.74 Å². The van der Waals surface area contributed by atoms with Gasteiger partial charge in [-0.05, 0) is 42.2 Å². The molecule has 3 nitrogen and oxygen atoms in total. The van der Waals surface area contributed by atoms with E-state index < -0.39 is 0 Å². The number of ether oxygens (including phenoxy) is 1. The SMILES string of the molecule is Cc1c(OCc2ccc(Br)cc2)ccc(C(=O)CC(C)(C)C)c1O. The van der Waals surface area contributed by atoms with Crippen LogP contribution in [-0.4, -0.2) is 10.9 Å². The molecule has 0 aliphatic carbocycles. The molecule has 2 aromatic carbocycles. The predicted octanol–water partition coefficient (Wildman–Crippen LogP) is 5.66. The Kier molecular flexibility index (Phi) is 5.70. The second-order valence-electron chi connectivity index (χ2n) is 7.16. The van der Waals surface area contributed by atoms with E-state index in [0.29, 0.717) is 29.9 Å². The first kappa shape index (κ1) is 18.5. The van der Waals surface area contributed by atoms with Crippen LogP contribution in [-0.2, 0) is 6.61 Å². The second-order valence-corrected chi connectivity index (χ2v) is 8.08. The topological polar surface area (TPSA) is 46.5 Å². The third-order valence-corrected chi connectivity index (χ3v) is 4.21. The Labute approximate surface area is 151 Å². The zero-order chi connectivity index (χ0) is 17.9. The maximum atomic E-state index is 12.4. The third kappa shape index (κ3) is 4.84. The van der Waals surface area contributed by atoms with Crippen LogP contribution in [0.25, 0.3) is 0 Å². The van der Waals surface area contributed by atoms with Crippen LogP contribution in [0.2, 0.25) is 0 Å². The number of aromatic hydroxyl groups is 1. The fraction of sp³-hybridized carbons (Fsp3) is 0.350. The van der Waals surface area contributed by atoms with Gasteiger partial charge in [-0.1, -0.05) is 48.8 Å². The van der Waals surface area contributed by atoms with Gasteiger partial charge in [-0.2, -0.15) is 0 Å². The summed E-state index contributed by atoms with van der Waals surface area (Å²) in [6.07, 6.45) is 0.388. The summed E-state index contributed by atoms with van der Waals surface area (Å²) in [5, 5.41) is 10.4. The van der Waals surface area contributed by atoms with Crippen LogP contribution in [0.4, 0.5) is 0 Å². The monoisotopic (exact) mass is 390 g/mol. The molecule has 0 aliphatic rings. The fourth-order valence-electron chi connectivity index (χ4n) is 2.38. The van der Waals surface area contributed by atoms with Crippen LogP contribution in [0, 0.1) is 12.3 Å². The minimum absolute atomic E-state index is 0.0116. The first-order valence-electron chi connectivity index (χ1n) is 7.90. The highest BCUT2D eigenvalue weighted by atomic mass is 79.9. The maximum absolute atomic E-state index is 12.4. The Bertz CT molecular complexity index is 728. The Balaban J connectivity index is 2.14. The van der Waals surface area contributed by atoms with Crippen LogP contribution in [0.5, 0.6) is 11.5 Å². The van der Waals surface area contributed by atoms with Gasteiger partial charge in [0.25, 0.3) is 0 Å². The predicted molar refractivity (Wildman–Crippen MR) is 99.7 cm³/mol. The zero-order valence-corrected chi connectivity index (χ0v) is 16.1. The molecule has 0 bridgehead atoms. The lowest BCUT2D eigenvalue weighted by atomic mass is 9.87. The summed E-state index contributed by atoms with van der Waals surface area (Å²) in [5.74, 6) is 0.544. The van der Waals surface area contributed by atoms with Crippen molar-refractivity contribution in [2.24, 2.45) is 5.41 Å². The van der Waals surface area contributed by atoms with Crippen molar-refractivity contribution in [3.05, 3.63) is 57.6 Å². The molecule has 0 radical (unpaired) electrons. The highest BCUT2D eigenvalue weighted by Crippen LogP contribution is 2.33. The number of Topliss-reactive ketones (excluding diaryl/α,β-unsaturated/α-hetero) is 1. The highest BCUT2D eigenvalue weighted by molar-refractivity contribution is 9.10. The van der Waals surface area contributed by atoms with Gasteiger partial charge in [0.15, 0.2) is 5.78 Å². The van der Waals surface area contributed by atoms with Gasteiger partial charge in [-0.3, -0.25) is 4.79 Å². The number of phenols is 1. The summed E-state index contributed by atoms with van der Waals surface area (Å²) in [6.45, 7) is 8.18. The summed E-state index contributed by atoms with van der Waals surface area (Å²) >= 11 is 3.40. The molecule has 4 heteroatoms. The molecule has 128 valence electrons. The number of carbonyl (C=O) groups is 1. The van der Waals surface area contributed by atoms with Crippen molar-refractivity contribution in [1.29, 1.82) is 0 Å². The van der Waals surface area contributed by atoms with Crippen molar-refractivity contribution in [2.45, 2.75) is 40.7 Å². The molecule has 0 heterocycles. The molecular formula is C20H23BrO3. The second kappa shape index (κ2) is 7.39. The van der Waals surface area contributed by atoms with Crippen molar-refractivity contribution in [1.82, 2.24) is 0 Å². The summed E-state index contributed by atoms with van der Waals surface area (Å²) in [5.41, 5.74) is 1.86. The molecule has 2 rings (SSSR count). The number of benzene rings is 2. The molecule has 0 aromatic heterocycles. The number of rotatable bonds is 5. The van der Waals surface area contributed by atoms with Gasteiger partial charge in [0, 0.05) is 16.5 Å². The van der Waals surface area contributed by atoms with Crippen molar-refractivity contribution in [2.75, 3.05) is 0 Å². The average Bonchev–Trinajstić information content (AvgIpc) is 2.48. The molecule has 0 saturated carbocycles. The van der Waals surface area contributed by atoms with Gasteiger partial charge >= 0.3 is 0 Å². The van der Waals surface area contributed by atoms with Gasteiger partial charge in [-0.25, -0.2) is 0 Å². The lowest BCUT2D eigenvalue weighted by Gasteiger charge is -2.18. The lowest BCUT2D eigenvalue weighted by molar-refractivity contribution is 0.0937. The standard InChI is InChI=1S/C20H23BrO3/c1-13-18(24-12-14-5-7-15(21)8-6-14)10-9-16(19(13)23)17(22)11-20(2,3)4/h5-10,23H,11-12H2,1-4H3. The van der Waals surface area contributed by atoms with Crippen LogP contribution in [0.3, 0.4) is 0 Å². The molecule has 1 N–H and O–H groups in total. The number of ketones is 1. The fourth-order valence-corrected chi connectivity index (χ4v) is 2.65. The van der Waals surface area contributed by atoms with E-state index in [1.807, 2.05) is 45.0 Å². The van der Waals surface area contributed by atoms with E-state index in [1.165, 1.54) is 0 Å². The Morgan fingerprint density at radius 3 is 2.33 bits per heavy atom. The molecule has 2 aromatic rings. The average molecular weight is 391 g/mol. The third-order valence-electron chi connectivity index (χ3n) is 3.68. The van der Waals surface area contributed by atoms with E-state index >= 15 is 0 Å². The largest absolute Gasteiger partial charge is 0.507 e. The van der Waals surface area contributed by atoms with Crippen LogP contribution in [0.1, 0.15) is 48.7 Å². The van der Waals surface area contributed by atoms with E-state index in [-0.39, 0.29) is 16.9 Å². The van der Waals surface area contributed by atoms with Gasteiger partial charge in [0.05, 0.1) is 5.56 Å². The van der Waals surface area contributed by atoms with Gasteiger partial charge < -0.3 is 9.84 Å². The van der Waals surface area contributed by atoms with Gasteiger partial charge in [-0.15, -0.1) is 0 Å². The minimum atomic E-state index is -0.117. The highest BCUT2D eigenvalue weighted by Gasteiger charge is 2.21. The molecule has 0 unspecified atom stereocenters. The molecule has 0 fully saturated rings. The normalized spacial score (nSPS) is 11.4. The Morgan fingerprint density at radius 2 is 1.75 bits per heavy atom. The summed E-state index contributed by atoms with van der Waals surface area (Å²) in [6, 6.07) is 11.3. The first-order chi connectivity index (χ1) is 11.2. The maximum Gasteiger partial charge on any atom is 0.167 e. The smallest absolute Gasteiger partial charge is 0.167 e. The van der Waals surface area contributed by atoms with E-state index in [1.54, 1.807) is 19.1 Å². The number of phenolic OH excluding ortho intramolecular Hbond substituents is 1. The van der Waals surface area contributed by atoms with E-state index in [0.717, 1.165) is 10.0 Å². The number of carbonyl (C=O) groups excluding carboxylic acids is 1. The number of hydrogen-bond donors (Lipinski definition) is 1. The van der Waals surface area contributed by atoms with E-state index in [4.69, 9.17) is 4.74 Å². The summed E-state index contributed by atoms with van der Waals surface area (Å²) in [4.78, 5) is 12.4. The molecule has 0 saturated heterocycles. The van der Waals surface area contributed by atoms with Crippen molar-refractivity contribution in [3.8, 4) is 11.5 Å². The summed E-state index contributed by atoms with van der Waals surface area (Å²) in [7, 11) is 0. The Hall–Kier alpha value is -1.81. The first-order valence-corrected chi connectivity index (χ1v) is 8.70. The zero-order valence-electron chi connectivity index (χ0n) is 14.5. The molecule has 0 atom stereocenters. The van der Waals surface area contributed by atoms with E-state index in [9.17, 15) is 9.90 Å². The molecule has 0 spiro atoms. The lowest BCUT2D eigenvalue weighted by Crippen LogP contribution is -2.13. The molecular weight excluding hydrogens is 368 g/mol. The Morgan fingerprint density at radius 1 is 1.12 bits per heavy atom. The molecule has 24 heavy (non-hydrogen) atoms. The number of hydrogen-bond acceptors (Lipinski definition) is 3.